The summed E-state index contributed by atoms with van der Waals surface area (Å²) in [7, 11) is -3.96. The van der Waals surface area contributed by atoms with Crippen LogP contribution < -0.4 is 26.6 Å². The SMILES string of the molecule is Nc1cc(N2CCN(CCP(=O)(O)O)CC2)nc(NC2CCC(CNCCCNC3CCCCC3)CC2)n1. The minimum Gasteiger partial charge on any atom is -0.383 e. The summed E-state index contributed by atoms with van der Waals surface area (Å²) in [4.78, 5) is 31.7. The van der Waals surface area contributed by atoms with Crippen molar-refractivity contribution in [3.63, 3.8) is 0 Å². The van der Waals surface area contributed by atoms with E-state index in [2.05, 4.69) is 30.7 Å². The molecular formula is C26H49N8O3P. The van der Waals surface area contributed by atoms with Crippen molar-refractivity contribution >= 4 is 25.2 Å². The lowest BCUT2D eigenvalue weighted by Crippen LogP contribution is -2.47. The molecule has 0 atom stereocenters. The zero-order valence-electron chi connectivity index (χ0n) is 22.9. The summed E-state index contributed by atoms with van der Waals surface area (Å²) in [5.74, 6) is 2.59. The lowest BCUT2D eigenvalue weighted by molar-refractivity contribution is 0.264. The zero-order chi connectivity index (χ0) is 26.8. The monoisotopic (exact) mass is 552 g/mol. The number of aromatic nitrogens is 2. The van der Waals surface area contributed by atoms with Gasteiger partial charge in [-0.2, -0.15) is 9.97 Å². The summed E-state index contributed by atoms with van der Waals surface area (Å²) < 4.78 is 11.2. The fraction of sp³-hybridized carbons (Fsp3) is 0.846. The largest absolute Gasteiger partial charge is 0.383 e. The molecule has 3 fully saturated rings. The Morgan fingerprint density at radius 3 is 2.39 bits per heavy atom. The van der Waals surface area contributed by atoms with Crippen LogP contribution in [0.3, 0.4) is 0 Å². The molecule has 0 radical (unpaired) electrons. The standard InChI is InChI=1S/C26H49N8O3P/c27-24-19-25(34-15-13-33(14-16-34)17-18-38(35,36)37)32-26(31-24)30-23-9-7-21(8-10-23)20-28-11-4-12-29-22-5-2-1-3-6-22/h19,21-23,28-29H,1-18,20H2,(H2,35,36,37)(H3,27,30,31,32). The van der Waals surface area contributed by atoms with Crippen molar-refractivity contribution in [2.75, 3.05) is 74.5 Å². The first-order valence-electron chi connectivity index (χ1n) is 14.7. The van der Waals surface area contributed by atoms with Gasteiger partial charge in [0.15, 0.2) is 0 Å². The maximum atomic E-state index is 11.2. The smallest absolute Gasteiger partial charge is 0.326 e. The minimum atomic E-state index is -3.96. The van der Waals surface area contributed by atoms with Gasteiger partial charge in [0, 0.05) is 50.9 Å². The summed E-state index contributed by atoms with van der Waals surface area (Å²) in [6, 6.07) is 2.93. The molecule has 0 unspecified atom stereocenters. The number of nitrogen functional groups attached to an aromatic ring is 1. The van der Waals surface area contributed by atoms with Crippen molar-refractivity contribution in [3.05, 3.63) is 6.07 Å². The molecule has 7 N–H and O–H groups in total. The second kappa shape index (κ2) is 14.8. The van der Waals surface area contributed by atoms with E-state index in [1.807, 2.05) is 6.07 Å². The van der Waals surface area contributed by atoms with Gasteiger partial charge in [0.1, 0.15) is 11.6 Å². The molecule has 0 aromatic carbocycles. The molecule has 2 saturated carbocycles. The van der Waals surface area contributed by atoms with E-state index in [0.29, 0.717) is 24.4 Å². The highest BCUT2D eigenvalue weighted by molar-refractivity contribution is 7.51. The molecule has 1 aliphatic heterocycles. The van der Waals surface area contributed by atoms with E-state index in [0.717, 1.165) is 76.4 Å². The number of nitrogens with one attached hydrogen (secondary N) is 3. The van der Waals surface area contributed by atoms with Crippen molar-refractivity contribution in [3.8, 4) is 0 Å². The third-order valence-electron chi connectivity index (χ3n) is 8.32. The number of nitrogens with zero attached hydrogens (tertiary/aromatic N) is 4. The Bertz CT molecular complexity index is 881. The number of hydrogen-bond acceptors (Lipinski definition) is 9. The van der Waals surface area contributed by atoms with Crippen LogP contribution in [0.1, 0.15) is 64.2 Å². The maximum Gasteiger partial charge on any atom is 0.326 e. The maximum absolute atomic E-state index is 11.2. The third kappa shape index (κ3) is 10.2. The first kappa shape index (κ1) is 29.5. The van der Waals surface area contributed by atoms with Crippen molar-refractivity contribution < 1.29 is 14.4 Å². The first-order chi connectivity index (χ1) is 18.3. The van der Waals surface area contributed by atoms with Gasteiger partial charge >= 0.3 is 7.60 Å². The molecule has 2 aliphatic carbocycles. The predicted octanol–water partition coefficient (Wildman–Crippen LogP) is 2.23. The van der Waals surface area contributed by atoms with E-state index in [1.165, 1.54) is 51.4 Å². The Morgan fingerprint density at radius 2 is 1.68 bits per heavy atom. The molecule has 1 aromatic rings. The Hall–Kier alpha value is -1.49. The second-order valence-corrected chi connectivity index (χ2v) is 13.2. The highest BCUT2D eigenvalue weighted by Gasteiger charge is 2.24. The molecule has 11 nitrogen and oxygen atoms in total. The highest BCUT2D eigenvalue weighted by atomic mass is 31.2. The molecule has 12 heteroatoms. The summed E-state index contributed by atoms with van der Waals surface area (Å²) >= 11 is 0. The molecule has 0 amide bonds. The van der Waals surface area contributed by atoms with Crippen LogP contribution in [0.5, 0.6) is 0 Å². The lowest BCUT2D eigenvalue weighted by atomic mass is 9.86. The number of rotatable bonds is 13. The van der Waals surface area contributed by atoms with Crippen LogP contribution in [0.25, 0.3) is 0 Å². The van der Waals surface area contributed by atoms with Crippen LogP contribution >= 0.6 is 7.60 Å². The predicted molar refractivity (Wildman–Crippen MR) is 154 cm³/mol. The fourth-order valence-corrected chi connectivity index (χ4v) is 6.52. The topological polar surface area (TPSA) is 152 Å². The van der Waals surface area contributed by atoms with Gasteiger partial charge in [-0.3, -0.25) is 9.46 Å². The van der Waals surface area contributed by atoms with Gasteiger partial charge < -0.3 is 36.4 Å². The van der Waals surface area contributed by atoms with Crippen molar-refractivity contribution in [1.29, 1.82) is 0 Å². The van der Waals surface area contributed by atoms with Crippen LogP contribution in [0, 0.1) is 5.92 Å². The number of hydrogen-bond donors (Lipinski definition) is 6. The molecule has 2 heterocycles. The van der Waals surface area contributed by atoms with Gasteiger partial charge in [-0.1, -0.05) is 19.3 Å². The lowest BCUT2D eigenvalue weighted by Gasteiger charge is -2.35. The average molecular weight is 553 g/mol. The Balaban J connectivity index is 1.12. The van der Waals surface area contributed by atoms with Crippen molar-refractivity contribution in [1.82, 2.24) is 25.5 Å². The molecule has 1 aromatic heterocycles. The fourth-order valence-electron chi connectivity index (χ4n) is 5.98. The van der Waals surface area contributed by atoms with Crippen molar-refractivity contribution in [2.24, 2.45) is 5.92 Å². The minimum absolute atomic E-state index is 0.0995. The van der Waals surface area contributed by atoms with E-state index >= 15 is 0 Å². The second-order valence-electron chi connectivity index (χ2n) is 11.4. The Morgan fingerprint density at radius 1 is 0.947 bits per heavy atom. The average Bonchev–Trinajstić information content (AvgIpc) is 2.90. The van der Waals surface area contributed by atoms with E-state index in [9.17, 15) is 4.57 Å². The number of anilines is 3. The van der Waals surface area contributed by atoms with Gasteiger partial charge in [-0.05, 0) is 70.5 Å². The summed E-state index contributed by atoms with van der Waals surface area (Å²) in [5, 5.41) is 10.9. The zero-order valence-corrected chi connectivity index (χ0v) is 23.8. The van der Waals surface area contributed by atoms with Gasteiger partial charge in [0.2, 0.25) is 5.95 Å². The number of piperazine rings is 1. The normalized spacial score (nSPS) is 24.0. The van der Waals surface area contributed by atoms with Crippen LogP contribution in [0.15, 0.2) is 6.07 Å². The Kier molecular flexibility index (Phi) is 11.5. The molecule has 0 spiro atoms. The van der Waals surface area contributed by atoms with Crippen molar-refractivity contribution in [2.45, 2.75) is 76.3 Å². The molecule has 0 bridgehead atoms. The van der Waals surface area contributed by atoms with Crippen LogP contribution in [-0.2, 0) is 4.57 Å². The molecule has 1 saturated heterocycles. The Labute approximate surface area is 227 Å². The van der Waals surface area contributed by atoms with Crippen LogP contribution in [0.4, 0.5) is 17.6 Å². The summed E-state index contributed by atoms with van der Waals surface area (Å²) in [6.45, 7) is 6.70. The molecular weight excluding hydrogens is 503 g/mol. The molecule has 4 rings (SSSR count). The van der Waals surface area contributed by atoms with Gasteiger partial charge in [-0.15, -0.1) is 0 Å². The summed E-state index contributed by atoms with van der Waals surface area (Å²) in [6.07, 6.45) is 12.6. The molecule has 216 valence electrons. The van der Waals surface area contributed by atoms with Crippen LogP contribution in [0.2, 0.25) is 0 Å². The molecule has 3 aliphatic rings. The summed E-state index contributed by atoms with van der Waals surface area (Å²) in [5.41, 5.74) is 6.12. The van der Waals surface area contributed by atoms with Crippen LogP contribution in [-0.4, -0.2) is 95.3 Å². The van der Waals surface area contributed by atoms with Gasteiger partial charge in [0.05, 0.1) is 6.16 Å². The van der Waals surface area contributed by atoms with E-state index < -0.39 is 7.60 Å². The molecule has 38 heavy (non-hydrogen) atoms. The van der Waals surface area contributed by atoms with Gasteiger partial charge in [0.25, 0.3) is 0 Å². The quantitative estimate of drug-likeness (QED) is 0.158. The van der Waals surface area contributed by atoms with E-state index in [1.54, 1.807) is 0 Å². The van der Waals surface area contributed by atoms with E-state index in [-0.39, 0.29) is 6.16 Å². The van der Waals surface area contributed by atoms with Gasteiger partial charge in [-0.25, -0.2) is 0 Å². The first-order valence-corrected chi connectivity index (χ1v) is 16.5. The highest BCUT2D eigenvalue weighted by Crippen LogP contribution is 2.34. The third-order valence-corrected chi connectivity index (χ3v) is 9.10. The van der Waals surface area contributed by atoms with E-state index in [4.69, 9.17) is 20.5 Å². The number of nitrogens with two attached hydrogens (primary N) is 1.